The number of carbonyl (C=O) groups is 1. The van der Waals surface area contributed by atoms with E-state index in [0.29, 0.717) is 55.4 Å². The third kappa shape index (κ3) is 3.16. The van der Waals surface area contributed by atoms with Gasteiger partial charge in [0.05, 0.1) is 23.6 Å². The molecule has 4 rings (SSSR count). The van der Waals surface area contributed by atoms with E-state index in [9.17, 15) is 13.2 Å². The van der Waals surface area contributed by atoms with Crippen LogP contribution in [0.1, 0.15) is 21.6 Å². The zero-order valence-corrected chi connectivity index (χ0v) is 15.8. The van der Waals surface area contributed by atoms with E-state index in [1.54, 1.807) is 27.9 Å². The van der Waals surface area contributed by atoms with Crippen molar-refractivity contribution >= 4 is 27.3 Å². The molecule has 2 aliphatic heterocycles. The first kappa shape index (κ1) is 17.6. The Bertz CT molecular complexity index is 906. The molecule has 1 saturated heterocycles. The van der Waals surface area contributed by atoms with Gasteiger partial charge in [-0.2, -0.15) is 4.31 Å². The van der Waals surface area contributed by atoms with E-state index in [2.05, 4.69) is 4.98 Å². The van der Waals surface area contributed by atoms with E-state index in [4.69, 9.17) is 4.74 Å². The van der Waals surface area contributed by atoms with Gasteiger partial charge in [-0.1, -0.05) is 12.1 Å². The van der Waals surface area contributed by atoms with E-state index >= 15 is 0 Å². The first-order valence-corrected chi connectivity index (χ1v) is 10.8. The molecule has 1 amide bonds. The quantitative estimate of drug-likeness (QED) is 0.787. The predicted octanol–water partition coefficient (Wildman–Crippen LogP) is 1.36. The van der Waals surface area contributed by atoms with E-state index in [1.807, 2.05) is 6.07 Å². The van der Waals surface area contributed by atoms with Crippen LogP contribution in [0.25, 0.3) is 0 Å². The van der Waals surface area contributed by atoms with Crippen molar-refractivity contribution in [2.75, 3.05) is 32.8 Å². The molecule has 2 aliphatic rings. The number of aromatic nitrogens is 1. The maximum absolute atomic E-state index is 13.1. The third-order valence-electron chi connectivity index (χ3n) is 4.76. The topological polar surface area (TPSA) is 79.8 Å². The highest BCUT2D eigenvalue weighted by molar-refractivity contribution is 7.89. The SMILES string of the molecule is O=C(c1cscn1)N1CCc2cccc(S(=O)(=O)N3CCOCC3)c2C1. The number of ether oxygens (including phenoxy) is 1. The van der Waals surface area contributed by atoms with Crippen molar-refractivity contribution in [2.45, 2.75) is 17.9 Å². The van der Waals surface area contributed by atoms with E-state index in [0.717, 1.165) is 5.56 Å². The third-order valence-corrected chi connectivity index (χ3v) is 7.33. The lowest BCUT2D eigenvalue weighted by atomic mass is 9.99. The number of nitrogens with zero attached hydrogens (tertiary/aromatic N) is 3. The molecule has 138 valence electrons. The normalized spacial score (nSPS) is 18.5. The van der Waals surface area contributed by atoms with Gasteiger partial charge in [0.25, 0.3) is 5.91 Å². The van der Waals surface area contributed by atoms with Crippen molar-refractivity contribution in [1.29, 1.82) is 0 Å². The van der Waals surface area contributed by atoms with Crippen LogP contribution in [-0.2, 0) is 27.7 Å². The molecule has 0 radical (unpaired) electrons. The molecular formula is C17H19N3O4S2. The van der Waals surface area contributed by atoms with E-state index < -0.39 is 10.0 Å². The van der Waals surface area contributed by atoms with Crippen molar-refractivity contribution in [2.24, 2.45) is 0 Å². The number of hydrogen-bond acceptors (Lipinski definition) is 6. The standard InChI is InChI=1S/C17H19N3O4S2/c21-17(15-11-25-12-18-15)19-5-4-13-2-1-3-16(14(13)10-19)26(22,23)20-6-8-24-9-7-20/h1-3,11-12H,4-10H2. The molecule has 0 saturated carbocycles. The molecule has 2 aromatic rings. The highest BCUT2D eigenvalue weighted by Gasteiger charge is 2.32. The minimum absolute atomic E-state index is 0.157. The molecule has 1 aromatic carbocycles. The zero-order valence-electron chi connectivity index (χ0n) is 14.1. The lowest BCUT2D eigenvalue weighted by Gasteiger charge is -2.32. The van der Waals surface area contributed by atoms with Crippen molar-refractivity contribution in [1.82, 2.24) is 14.2 Å². The van der Waals surface area contributed by atoms with Gasteiger partial charge in [0.15, 0.2) is 0 Å². The number of thiazole rings is 1. The summed E-state index contributed by atoms with van der Waals surface area (Å²) in [6.07, 6.45) is 0.637. The van der Waals surface area contributed by atoms with Crippen LogP contribution in [-0.4, -0.2) is 61.4 Å². The second-order valence-electron chi connectivity index (χ2n) is 6.26. The number of rotatable bonds is 3. The second-order valence-corrected chi connectivity index (χ2v) is 8.89. The van der Waals surface area contributed by atoms with Gasteiger partial charge < -0.3 is 9.64 Å². The Balaban J connectivity index is 1.67. The number of benzene rings is 1. The monoisotopic (exact) mass is 393 g/mol. The summed E-state index contributed by atoms with van der Waals surface area (Å²) in [7, 11) is -3.60. The van der Waals surface area contributed by atoms with Gasteiger partial charge in [0.2, 0.25) is 10.0 Å². The van der Waals surface area contributed by atoms with E-state index in [-0.39, 0.29) is 12.5 Å². The summed E-state index contributed by atoms with van der Waals surface area (Å²) in [4.78, 5) is 18.7. The molecule has 1 fully saturated rings. The van der Waals surface area contributed by atoms with Gasteiger partial charge in [0, 0.05) is 31.6 Å². The predicted molar refractivity (Wildman–Crippen MR) is 96.6 cm³/mol. The largest absolute Gasteiger partial charge is 0.379 e. The average molecular weight is 393 g/mol. The molecule has 3 heterocycles. The first-order chi connectivity index (χ1) is 12.6. The Morgan fingerprint density at radius 3 is 2.73 bits per heavy atom. The number of morpholine rings is 1. The fraction of sp³-hybridized carbons (Fsp3) is 0.412. The van der Waals surface area contributed by atoms with Crippen molar-refractivity contribution < 1.29 is 17.9 Å². The second kappa shape index (κ2) is 7.07. The summed E-state index contributed by atoms with van der Waals surface area (Å²) in [6, 6.07) is 5.36. The van der Waals surface area contributed by atoms with Crippen LogP contribution >= 0.6 is 11.3 Å². The molecule has 0 N–H and O–H groups in total. The zero-order chi connectivity index (χ0) is 18.1. The molecular weight excluding hydrogens is 374 g/mol. The number of sulfonamides is 1. The Morgan fingerprint density at radius 1 is 1.19 bits per heavy atom. The summed E-state index contributed by atoms with van der Waals surface area (Å²) in [6.45, 7) is 2.36. The lowest BCUT2D eigenvalue weighted by molar-refractivity contribution is 0.0720. The van der Waals surface area contributed by atoms with Crippen LogP contribution in [0.2, 0.25) is 0 Å². The maximum atomic E-state index is 13.1. The van der Waals surface area contributed by atoms with Gasteiger partial charge in [0.1, 0.15) is 5.69 Å². The van der Waals surface area contributed by atoms with Crippen LogP contribution < -0.4 is 0 Å². The fourth-order valence-corrected chi connectivity index (χ4v) is 5.56. The first-order valence-electron chi connectivity index (χ1n) is 8.43. The highest BCUT2D eigenvalue weighted by atomic mass is 32.2. The lowest BCUT2D eigenvalue weighted by Crippen LogP contribution is -2.42. The van der Waals surface area contributed by atoms with Crippen LogP contribution in [0.4, 0.5) is 0 Å². The summed E-state index contributed by atoms with van der Waals surface area (Å²) in [5.41, 5.74) is 3.74. The Kier molecular flexibility index (Phi) is 4.78. The Labute approximate surface area is 156 Å². The maximum Gasteiger partial charge on any atom is 0.273 e. The molecule has 0 aliphatic carbocycles. The van der Waals surface area contributed by atoms with E-state index in [1.165, 1.54) is 15.6 Å². The summed E-state index contributed by atoms with van der Waals surface area (Å²) in [5, 5.41) is 1.72. The molecule has 0 unspecified atom stereocenters. The molecule has 26 heavy (non-hydrogen) atoms. The Hall–Kier alpha value is -1.81. The van der Waals surface area contributed by atoms with Crippen LogP contribution in [0.15, 0.2) is 34.0 Å². The summed E-state index contributed by atoms with van der Waals surface area (Å²) in [5.74, 6) is -0.157. The van der Waals surface area contributed by atoms with Gasteiger partial charge in [-0.15, -0.1) is 11.3 Å². The summed E-state index contributed by atoms with van der Waals surface area (Å²) < 4.78 is 33.0. The van der Waals surface area contributed by atoms with Gasteiger partial charge in [-0.3, -0.25) is 4.79 Å². The number of hydrogen-bond donors (Lipinski definition) is 0. The highest BCUT2D eigenvalue weighted by Crippen LogP contribution is 2.29. The number of carbonyl (C=O) groups excluding carboxylic acids is 1. The minimum atomic E-state index is -3.60. The number of fused-ring (bicyclic) bond motifs is 1. The molecule has 1 aromatic heterocycles. The summed E-state index contributed by atoms with van der Waals surface area (Å²) >= 11 is 1.37. The van der Waals surface area contributed by atoms with Gasteiger partial charge >= 0.3 is 0 Å². The molecule has 0 atom stereocenters. The van der Waals surface area contributed by atoms with Crippen LogP contribution in [0.5, 0.6) is 0 Å². The van der Waals surface area contributed by atoms with Gasteiger partial charge in [-0.25, -0.2) is 13.4 Å². The molecule has 9 heteroatoms. The van der Waals surface area contributed by atoms with Crippen molar-refractivity contribution in [3.63, 3.8) is 0 Å². The fourth-order valence-electron chi connectivity index (χ4n) is 3.37. The number of amides is 1. The minimum Gasteiger partial charge on any atom is -0.379 e. The van der Waals surface area contributed by atoms with Crippen LogP contribution in [0.3, 0.4) is 0 Å². The molecule has 7 nitrogen and oxygen atoms in total. The van der Waals surface area contributed by atoms with Crippen molar-refractivity contribution in [3.05, 3.63) is 45.9 Å². The molecule has 0 bridgehead atoms. The van der Waals surface area contributed by atoms with Crippen molar-refractivity contribution in [3.8, 4) is 0 Å². The smallest absolute Gasteiger partial charge is 0.273 e. The molecule has 0 spiro atoms. The van der Waals surface area contributed by atoms with Crippen LogP contribution in [0, 0.1) is 0 Å². The Morgan fingerprint density at radius 2 is 2.00 bits per heavy atom. The van der Waals surface area contributed by atoms with Gasteiger partial charge in [-0.05, 0) is 23.6 Å². The average Bonchev–Trinajstić information content (AvgIpc) is 3.22.